The lowest BCUT2D eigenvalue weighted by atomic mass is 10.2. The monoisotopic (exact) mass is 270 g/mol. The highest BCUT2D eigenvalue weighted by molar-refractivity contribution is 5.47. The molecule has 0 aliphatic rings. The van der Waals surface area contributed by atoms with Gasteiger partial charge in [-0.3, -0.25) is 0 Å². The van der Waals surface area contributed by atoms with Crippen LogP contribution in [0, 0.1) is 10.1 Å². The summed E-state index contributed by atoms with van der Waals surface area (Å²) >= 11 is 0. The third-order valence-corrected chi connectivity index (χ3v) is 1.78. The number of hydrogen-bond donors (Lipinski definition) is 0. The molecule has 18 heavy (non-hydrogen) atoms. The van der Waals surface area contributed by atoms with Gasteiger partial charge in [-0.05, 0) is 4.92 Å². The number of nitro groups is 1. The highest BCUT2D eigenvalue weighted by Gasteiger charge is 2.35. The van der Waals surface area contributed by atoms with E-state index in [0.29, 0.717) is 6.07 Å². The zero-order chi connectivity index (χ0) is 13.9. The molecular weight excluding hydrogens is 264 g/mol. The molecule has 10 heteroatoms. The highest BCUT2D eigenvalue weighted by atomic mass is 19.4. The normalized spacial score (nSPS) is 11.2. The van der Waals surface area contributed by atoms with Crippen LogP contribution in [0.15, 0.2) is 6.07 Å². The second-order valence-electron chi connectivity index (χ2n) is 2.90. The van der Waals surface area contributed by atoms with E-state index >= 15 is 0 Å². The summed E-state index contributed by atoms with van der Waals surface area (Å²) in [7, 11) is 1.04. The van der Waals surface area contributed by atoms with Crippen molar-refractivity contribution in [2.75, 3.05) is 7.11 Å². The molecule has 1 aromatic heterocycles. The molecule has 0 aliphatic heterocycles. The number of methoxy groups -OCH3 is 1. The lowest BCUT2D eigenvalue weighted by Crippen LogP contribution is -2.18. The Hall–Kier alpha value is -2.13. The fourth-order valence-electron chi connectivity index (χ4n) is 1.11. The van der Waals surface area contributed by atoms with Crippen molar-refractivity contribution in [3.8, 4) is 11.6 Å². The quantitative estimate of drug-likeness (QED) is 0.477. The number of nitrogens with zero attached hydrogens (tertiary/aromatic N) is 2. The standard InChI is InChI=1S/C8H6F4N2O4/c1-17-6-2-5(18-8(10,11)12)4(3-9)7(13-6)14(15)16/h2H,3H2,1H3. The van der Waals surface area contributed by atoms with Gasteiger partial charge in [0, 0.05) is 4.98 Å². The number of rotatable bonds is 4. The largest absolute Gasteiger partial charge is 0.573 e. The third kappa shape index (κ3) is 3.18. The number of alkyl halides is 4. The van der Waals surface area contributed by atoms with E-state index in [2.05, 4.69) is 14.5 Å². The van der Waals surface area contributed by atoms with E-state index in [1.165, 1.54) is 0 Å². The molecule has 0 atom stereocenters. The van der Waals surface area contributed by atoms with Gasteiger partial charge in [-0.2, -0.15) is 0 Å². The summed E-state index contributed by atoms with van der Waals surface area (Å²) in [6.45, 7) is -1.53. The fourth-order valence-corrected chi connectivity index (χ4v) is 1.11. The zero-order valence-corrected chi connectivity index (χ0v) is 8.82. The maximum absolute atomic E-state index is 12.6. The molecular formula is C8H6F4N2O4. The van der Waals surface area contributed by atoms with E-state index in [1.807, 2.05) is 0 Å². The van der Waals surface area contributed by atoms with Gasteiger partial charge < -0.3 is 19.6 Å². The summed E-state index contributed by atoms with van der Waals surface area (Å²) in [5.74, 6) is -2.63. The summed E-state index contributed by atoms with van der Waals surface area (Å²) in [5, 5.41) is 10.6. The van der Waals surface area contributed by atoms with Crippen LogP contribution in [0.1, 0.15) is 5.56 Å². The van der Waals surface area contributed by atoms with Crippen molar-refractivity contribution in [3.05, 3.63) is 21.7 Å². The van der Waals surface area contributed by atoms with Gasteiger partial charge >= 0.3 is 18.1 Å². The van der Waals surface area contributed by atoms with E-state index in [4.69, 9.17) is 0 Å². The average molecular weight is 270 g/mol. The minimum Gasteiger partial charge on any atom is -0.463 e. The lowest BCUT2D eigenvalue weighted by molar-refractivity contribution is -0.390. The van der Waals surface area contributed by atoms with E-state index in [0.717, 1.165) is 7.11 Å². The predicted octanol–water partition coefficient (Wildman–Crippen LogP) is 2.37. The first-order valence-corrected chi connectivity index (χ1v) is 4.32. The average Bonchev–Trinajstić information content (AvgIpc) is 2.25. The van der Waals surface area contributed by atoms with Crippen LogP contribution in [0.5, 0.6) is 11.6 Å². The Balaban J connectivity index is 3.37. The van der Waals surface area contributed by atoms with Crippen molar-refractivity contribution in [2.45, 2.75) is 13.0 Å². The first-order chi connectivity index (χ1) is 8.28. The molecule has 0 bridgehead atoms. The molecule has 0 amide bonds. The molecule has 0 saturated heterocycles. The van der Waals surface area contributed by atoms with Gasteiger partial charge in [0.15, 0.2) is 5.75 Å². The molecule has 0 N–H and O–H groups in total. The van der Waals surface area contributed by atoms with Gasteiger partial charge in [-0.15, -0.1) is 13.2 Å². The van der Waals surface area contributed by atoms with E-state index in [9.17, 15) is 27.7 Å². The summed E-state index contributed by atoms with van der Waals surface area (Å²) in [4.78, 5) is 12.7. The molecule has 0 saturated carbocycles. The van der Waals surface area contributed by atoms with Crippen LogP contribution in [0.4, 0.5) is 23.4 Å². The molecule has 0 unspecified atom stereocenters. The van der Waals surface area contributed by atoms with E-state index in [1.54, 1.807) is 0 Å². The third-order valence-electron chi connectivity index (χ3n) is 1.78. The molecule has 1 rings (SSSR count). The number of hydrogen-bond acceptors (Lipinski definition) is 5. The Morgan fingerprint density at radius 2 is 2.11 bits per heavy atom. The Kier molecular flexibility index (Phi) is 3.89. The van der Waals surface area contributed by atoms with E-state index in [-0.39, 0.29) is 0 Å². The van der Waals surface area contributed by atoms with Gasteiger partial charge in [0.2, 0.25) is 0 Å². The van der Waals surface area contributed by atoms with Crippen molar-refractivity contribution in [3.63, 3.8) is 0 Å². The second-order valence-corrected chi connectivity index (χ2v) is 2.90. The number of ether oxygens (including phenoxy) is 2. The maximum Gasteiger partial charge on any atom is 0.573 e. The van der Waals surface area contributed by atoms with Crippen LogP contribution in [0.2, 0.25) is 0 Å². The smallest absolute Gasteiger partial charge is 0.463 e. The number of halogens is 4. The van der Waals surface area contributed by atoms with Gasteiger partial charge in [0.05, 0.1) is 13.2 Å². The summed E-state index contributed by atoms with van der Waals surface area (Å²) in [6, 6.07) is 0.620. The SMILES string of the molecule is COc1cc(OC(F)(F)F)c(CF)c([N+](=O)[O-])n1. The maximum atomic E-state index is 12.6. The molecule has 0 aromatic carbocycles. The van der Waals surface area contributed by atoms with Crippen molar-refractivity contribution < 1.29 is 32.0 Å². The first-order valence-electron chi connectivity index (χ1n) is 4.32. The molecule has 1 heterocycles. The molecule has 6 nitrogen and oxygen atoms in total. The number of aromatic nitrogens is 1. The van der Waals surface area contributed by atoms with Crippen LogP contribution in [0.25, 0.3) is 0 Å². The van der Waals surface area contributed by atoms with Crippen LogP contribution >= 0.6 is 0 Å². The van der Waals surface area contributed by atoms with E-state index < -0.39 is 41.0 Å². The molecule has 1 aromatic rings. The van der Waals surface area contributed by atoms with Gasteiger partial charge in [0.1, 0.15) is 12.2 Å². The molecule has 0 spiro atoms. The van der Waals surface area contributed by atoms with Crippen molar-refractivity contribution in [1.29, 1.82) is 0 Å². The van der Waals surface area contributed by atoms with Crippen LogP contribution < -0.4 is 9.47 Å². The summed E-state index contributed by atoms with van der Waals surface area (Å²) in [5.41, 5.74) is -0.905. The van der Waals surface area contributed by atoms with Gasteiger partial charge in [0.25, 0.3) is 0 Å². The molecule has 0 radical (unpaired) electrons. The Morgan fingerprint density at radius 1 is 1.50 bits per heavy atom. The van der Waals surface area contributed by atoms with Gasteiger partial charge in [-0.25, -0.2) is 4.39 Å². The van der Waals surface area contributed by atoms with Crippen LogP contribution in [0.3, 0.4) is 0 Å². The minimum atomic E-state index is -5.11. The lowest BCUT2D eigenvalue weighted by Gasteiger charge is -2.11. The molecule has 0 fully saturated rings. The topological polar surface area (TPSA) is 74.5 Å². The minimum absolute atomic E-state index is 0.488. The highest BCUT2D eigenvalue weighted by Crippen LogP contribution is 2.34. The first kappa shape index (κ1) is 13.9. The Labute approximate surface area is 97.3 Å². The van der Waals surface area contributed by atoms with Crippen molar-refractivity contribution >= 4 is 5.82 Å². The molecule has 0 aliphatic carbocycles. The zero-order valence-electron chi connectivity index (χ0n) is 8.82. The van der Waals surface area contributed by atoms with Crippen LogP contribution in [-0.2, 0) is 6.67 Å². The Bertz CT molecular complexity index is 463. The van der Waals surface area contributed by atoms with Gasteiger partial charge in [-0.1, -0.05) is 0 Å². The Morgan fingerprint density at radius 3 is 2.50 bits per heavy atom. The summed E-state index contributed by atoms with van der Waals surface area (Å²) < 4.78 is 56.7. The van der Waals surface area contributed by atoms with Crippen molar-refractivity contribution in [1.82, 2.24) is 4.98 Å². The molecule has 100 valence electrons. The predicted molar refractivity (Wildman–Crippen MR) is 48.9 cm³/mol. The van der Waals surface area contributed by atoms with Crippen LogP contribution in [-0.4, -0.2) is 23.4 Å². The summed E-state index contributed by atoms with van der Waals surface area (Å²) in [6.07, 6.45) is -5.11. The second kappa shape index (κ2) is 5.02. The number of pyridine rings is 1. The fraction of sp³-hybridized carbons (Fsp3) is 0.375. The van der Waals surface area contributed by atoms with Crippen molar-refractivity contribution in [2.24, 2.45) is 0 Å².